The van der Waals surface area contributed by atoms with Crippen molar-refractivity contribution in [1.82, 2.24) is 15.3 Å². The molecule has 1 atom stereocenters. The van der Waals surface area contributed by atoms with Crippen LogP contribution in [-0.4, -0.2) is 54.0 Å². The monoisotopic (exact) mass is 482 g/mol. The molecule has 4 heterocycles. The van der Waals surface area contributed by atoms with Crippen LogP contribution in [0.2, 0.25) is 0 Å². The Morgan fingerprint density at radius 2 is 1.74 bits per heavy atom. The number of fused-ring (bicyclic) bond motifs is 1. The van der Waals surface area contributed by atoms with E-state index < -0.39 is 0 Å². The number of anilines is 3. The lowest BCUT2D eigenvalue weighted by Crippen LogP contribution is -2.39. The minimum atomic E-state index is 0.478. The smallest absolute Gasteiger partial charge is 0.232 e. The van der Waals surface area contributed by atoms with Crippen LogP contribution < -0.4 is 29.9 Å². The third kappa shape index (κ3) is 5.46. The van der Waals surface area contributed by atoms with E-state index in [0.717, 1.165) is 48.3 Å². The predicted molar refractivity (Wildman–Crippen MR) is 139 cm³/mol. The van der Waals surface area contributed by atoms with Gasteiger partial charge < -0.3 is 29.9 Å². The summed E-state index contributed by atoms with van der Waals surface area (Å²) in [5, 5.41) is 7.02. The summed E-state index contributed by atoms with van der Waals surface area (Å²) < 4.78 is 11.3. The number of aromatic nitrogens is 2. The van der Waals surface area contributed by atoms with Gasteiger partial charge in [-0.1, -0.05) is 6.07 Å². The molecule has 2 aromatic rings. The van der Waals surface area contributed by atoms with Gasteiger partial charge in [-0.3, -0.25) is 0 Å². The van der Waals surface area contributed by atoms with Crippen LogP contribution in [0.1, 0.15) is 51.0 Å². The van der Waals surface area contributed by atoms with E-state index in [0.29, 0.717) is 36.9 Å². The van der Waals surface area contributed by atoms with Crippen molar-refractivity contribution in [2.24, 2.45) is 0 Å². The molecular weight excluding hydrogens is 448 g/mol. The van der Waals surface area contributed by atoms with Crippen LogP contribution in [0, 0.1) is 0 Å². The molecule has 3 aliphatic rings. The molecule has 9 heteroatoms. The Bertz CT molecular complexity index is 1010. The first-order valence-electron chi connectivity index (χ1n) is 12.5. The zero-order valence-corrected chi connectivity index (χ0v) is 20.7. The fourth-order valence-electron chi connectivity index (χ4n) is 4.87. The summed E-state index contributed by atoms with van der Waals surface area (Å²) in [6.45, 7) is 7.14. The highest BCUT2D eigenvalue weighted by Gasteiger charge is 2.23. The van der Waals surface area contributed by atoms with E-state index in [4.69, 9.17) is 31.7 Å². The van der Waals surface area contributed by atoms with E-state index in [1.165, 1.54) is 38.5 Å². The molecule has 8 nitrogen and oxygen atoms in total. The van der Waals surface area contributed by atoms with Crippen molar-refractivity contribution < 1.29 is 9.47 Å². The molecular formula is C25H34N6O2S. The van der Waals surface area contributed by atoms with E-state index in [-0.39, 0.29) is 0 Å². The van der Waals surface area contributed by atoms with Crippen LogP contribution in [0.5, 0.6) is 11.5 Å². The van der Waals surface area contributed by atoms with Gasteiger partial charge in [0.05, 0.1) is 0 Å². The summed E-state index contributed by atoms with van der Waals surface area (Å²) in [5.41, 5.74) is 1.07. The fourth-order valence-corrected chi connectivity index (χ4v) is 5.04. The summed E-state index contributed by atoms with van der Waals surface area (Å²) in [5.74, 6) is 4.09. The minimum absolute atomic E-state index is 0.478. The largest absolute Gasteiger partial charge is 0.486 e. The van der Waals surface area contributed by atoms with Crippen LogP contribution in [0.3, 0.4) is 0 Å². The highest BCUT2D eigenvalue weighted by atomic mass is 32.1. The van der Waals surface area contributed by atoms with E-state index in [1.54, 1.807) is 0 Å². The summed E-state index contributed by atoms with van der Waals surface area (Å²) >= 11 is 5.59. The minimum Gasteiger partial charge on any atom is -0.486 e. The molecule has 3 aliphatic heterocycles. The highest BCUT2D eigenvalue weighted by molar-refractivity contribution is 7.80. The lowest BCUT2D eigenvalue weighted by Gasteiger charge is -2.35. The molecule has 1 aromatic heterocycles. The van der Waals surface area contributed by atoms with Gasteiger partial charge in [-0.2, -0.15) is 9.97 Å². The third-order valence-electron chi connectivity index (χ3n) is 6.76. The Morgan fingerprint density at radius 3 is 2.56 bits per heavy atom. The molecule has 0 aliphatic carbocycles. The van der Waals surface area contributed by atoms with Crippen LogP contribution in [0.15, 0.2) is 24.3 Å². The maximum atomic E-state index is 5.69. The number of thiocarbonyl (C=S) groups is 1. The number of hydrogen-bond donors (Lipinski definition) is 2. The molecule has 182 valence electrons. The normalized spacial score (nSPS) is 20.1. The first kappa shape index (κ1) is 23.0. The molecule has 2 N–H and O–H groups in total. The number of hydrogen-bond acceptors (Lipinski definition) is 7. The van der Waals surface area contributed by atoms with Crippen molar-refractivity contribution in [3.63, 3.8) is 0 Å². The van der Waals surface area contributed by atoms with Crippen molar-refractivity contribution in [2.75, 3.05) is 48.0 Å². The first-order valence-corrected chi connectivity index (χ1v) is 12.9. The number of nitrogens with zero attached hydrogens (tertiary/aromatic N) is 4. The van der Waals surface area contributed by atoms with E-state index in [9.17, 15) is 0 Å². The Balaban J connectivity index is 1.29. The number of nitrogens with one attached hydrogen (secondary N) is 2. The second kappa shape index (κ2) is 10.6. The van der Waals surface area contributed by atoms with Gasteiger partial charge in [0.15, 0.2) is 16.6 Å². The zero-order valence-electron chi connectivity index (χ0n) is 19.9. The van der Waals surface area contributed by atoms with Crippen LogP contribution in [0.4, 0.5) is 17.6 Å². The molecule has 0 bridgehead atoms. The summed E-state index contributed by atoms with van der Waals surface area (Å²) in [4.78, 5) is 14.5. The molecule has 0 unspecified atom stereocenters. The van der Waals surface area contributed by atoms with E-state index in [2.05, 4.69) is 33.4 Å². The Hall–Kier alpha value is -2.81. The van der Waals surface area contributed by atoms with Gasteiger partial charge in [-0.05, 0) is 75.4 Å². The molecule has 5 rings (SSSR count). The summed E-state index contributed by atoms with van der Waals surface area (Å²) in [6, 6.07) is 8.59. The second-order valence-electron chi connectivity index (χ2n) is 9.28. The number of piperidine rings is 2. The van der Waals surface area contributed by atoms with Crippen molar-refractivity contribution in [1.29, 1.82) is 0 Å². The summed E-state index contributed by atoms with van der Waals surface area (Å²) in [7, 11) is 0. The summed E-state index contributed by atoms with van der Waals surface area (Å²) in [6.07, 6.45) is 7.37. The maximum Gasteiger partial charge on any atom is 0.232 e. The number of rotatable bonds is 5. The average molecular weight is 483 g/mol. The van der Waals surface area contributed by atoms with E-state index in [1.807, 2.05) is 18.2 Å². The molecule has 0 amide bonds. The van der Waals surface area contributed by atoms with Crippen molar-refractivity contribution >= 4 is 34.9 Å². The highest BCUT2D eigenvalue weighted by Crippen LogP contribution is 2.31. The molecule has 1 aromatic carbocycles. The van der Waals surface area contributed by atoms with Gasteiger partial charge in [0.25, 0.3) is 0 Å². The van der Waals surface area contributed by atoms with Gasteiger partial charge in [-0.25, -0.2) is 0 Å². The van der Waals surface area contributed by atoms with Gasteiger partial charge in [-0.15, -0.1) is 0 Å². The predicted octanol–water partition coefficient (Wildman–Crippen LogP) is 4.10. The zero-order chi connectivity index (χ0) is 23.3. The van der Waals surface area contributed by atoms with E-state index >= 15 is 0 Å². The quantitative estimate of drug-likeness (QED) is 0.613. The van der Waals surface area contributed by atoms with Gasteiger partial charge in [0, 0.05) is 38.3 Å². The van der Waals surface area contributed by atoms with Gasteiger partial charge >= 0.3 is 0 Å². The Labute approximate surface area is 207 Å². The molecule has 0 radical (unpaired) electrons. The SMILES string of the molecule is C[C@@H]1CCCCN1c1cc(N2CCCCC2)nc(NC(=S)NCc2ccc3c(c2)OCCO3)n1. The fraction of sp³-hybridized carbons (Fsp3) is 0.560. The molecule has 2 saturated heterocycles. The number of benzene rings is 1. The Kier molecular flexibility index (Phi) is 7.18. The van der Waals surface area contributed by atoms with Crippen LogP contribution in [0.25, 0.3) is 0 Å². The first-order chi connectivity index (χ1) is 16.7. The van der Waals surface area contributed by atoms with Crippen molar-refractivity contribution in [3.05, 3.63) is 29.8 Å². The van der Waals surface area contributed by atoms with Gasteiger partial charge in [0.1, 0.15) is 24.8 Å². The standard InChI is InChI=1S/C25H34N6O2S/c1-18-7-3-6-12-31(18)23-16-22(30-10-4-2-5-11-30)27-24(28-23)29-25(34)26-17-19-8-9-20-21(15-19)33-14-13-32-20/h8-9,15-16,18H,2-7,10-14,17H2,1H3,(H2,26,27,28,29,34)/t18-/m1/s1. The molecule has 0 saturated carbocycles. The van der Waals surface area contributed by atoms with Crippen molar-refractivity contribution in [2.45, 2.75) is 58.0 Å². The average Bonchev–Trinajstić information content (AvgIpc) is 2.88. The Morgan fingerprint density at radius 1 is 0.971 bits per heavy atom. The lowest BCUT2D eigenvalue weighted by molar-refractivity contribution is 0.171. The topological polar surface area (TPSA) is 74.8 Å². The lowest BCUT2D eigenvalue weighted by atomic mass is 10.0. The van der Waals surface area contributed by atoms with Crippen molar-refractivity contribution in [3.8, 4) is 11.5 Å². The molecule has 34 heavy (non-hydrogen) atoms. The third-order valence-corrected chi connectivity index (χ3v) is 7.01. The molecule has 0 spiro atoms. The maximum absolute atomic E-state index is 5.69. The molecule has 2 fully saturated rings. The van der Waals surface area contributed by atoms with Crippen LogP contribution >= 0.6 is 12.2 Å². The van der Waals surface area contributed by atoms with Crippen LogP contribution in [-0.2, 0) is 6.54 Å². The second-order valence-corrected chi connectivity index (χ2v) is 9.69. The number of ether oxygens (including phenoxy) is 2. The van der Waals surface area contributed by atoms with Gasteiger partial charge in [0.2, 0.25) is 5.95 Å².